The van der Waals surface area contributed by atoms with E-state index in [1.165, 1.54) is 4.68 Å². The minimum Gasteiger partial charge on any atom is -0.394 e. The second-order valence-corrected chi connectivity index (χ2v) is 3.30. The van der Waals surface area contributed by atoms with Gasteiger partial charge < -0.3 is 10.4 Å². The van der Waals surface area contributed by atoms with Gasteiger partial charge >= 0.3 is 0 Å². The number of aromatic nitrogens is 4. The predicted octanol–water partition coefficient (Wildman–Crippen LogP) is -0.361. The molecule has 6 nitrogen and oxygen atoms in total. The number of hydrogen-bond acceptors (Lipinski definition) is 5. The second-order valence-electron chi connectivity index (χ2n) is 3.30. The SMILES string of the molecule is CC(C)C(CO)Nc1nnnn1C. The Morgan fingerprint density at radius 2 is 2.23 bits per heavy atom. The third-order valence-corrected chi connectivity index (χ3v) is 1.94. The summed E-state index contributed by atoms with van der Waals surface area (Å²) in [6.07, 6.45) is 0. The van der Waals surface area contributed by atoms with Crippen molar-refractivity contribution in [3.05, 3.63) is 0 Å². The molecule has 0 fully saturated rings. The fraction of sp³-hybridized carbons (Fsp3) is 0.857. The van der Waals surface area contributed by atoms with Crippen molar-refractivity contribution in [2.45, 2.75) is 19.9 Å². The number of aliphatic hydroxyl groups excluding tert-OH is 1. The molecule has 2 N–H and O–H groups in total. The molecule has 0 spiro atoms. The lowest BCUT2D eigenvalue weighted by atomic mass is 10.1. The molecule has 1 unspecified atom stereocenters. The van der Waals surface area contributed by atoms with Crippen LogP contribution in [0.15, 0.2) is 0 Å². The molecule has 1 aromatic rings. The topological polar surface area (TPSA) is 75.9 Å². The van der Waals surface area contributed by atoms with Gasteiger partial charge in [-0.05, 0) is 16.3 Å². The van der Waals surface area contributed by atoms with Crippen molar-refractivity contribution >= 4 is 5.95 Å². The molecule has 74 valence electrons. The Morgan fingerprint density at radius 3 is 2.62 bits per heavy atom. The molecule has 0 radical (unpaired) electrons. The lowest BCUT2D eigenvalue weighted by molar-refractivity contribution is 0.248. The maximum atomic E-state index is 9.05. The molecule has 1 heterocycles. The Balaban J connectivity index is 2.62. The second kappa shape index (κ2) is 4.18. The molecule has 1 aromatic heterocycles. The van der Waals surface area contributed by atoms with Gasteiger partial charge in [0.05, 0.1) is 12.6 Å². The summed E-state index contributed by atoms with van der Waals surface area (Å²) in [5.74, 6) is 0.912. The monoisotopic (exact) mass is 185 g/mol. The van der Waals surface area contributed by atoms with Crippen LogP contribution in [-0.4, -0.2) is 38.0 Å². The number of anilines is 1. The van der Waals surface area contributed by atoms with Gasteiger partial charge in [-0.3, -0.25) is 0 Å². The number of nitrogens with one attached hydrogen (secondary N) is 1. The van der Waals surface area contributed by atoms with Gasteiger partial charge in [0.2, 0.25) is 5.95 Å². The maximum absolute atomic E-state index is 9.05. The van der Waals surface area contributed by atoms with Crippen molar-refractivity contribution in [2.75, 3.05) is 11.9 Å². The zero-order chi connectivity index (χ0) is 9.84. The van der Waals surface area contributed by atoms with E-state index in [-0.39, 0.29) is 12.6 Å². The Kier molecular flexibility index (Phi) is 3.18. The van der Waals surface area contributed by atoms with Crippen LogP contribution in [0.4, 0.5) is 5.95 Å². The van der Waals surface area contributed by atoms with Gasteiger partial charge in [0, 0.05) is 7.05 Å². The van der Waals surface area contributed by atoms with E-state index >= 15 is 0 Å². The summed E-state index contributed by atoms with van der Waals surface area (Å²) in [6.45, 7) is 4.12. The molecule has 6 heteroatoms. The highest BCUT2D eigenvalue weighted by Gasteiger charge is 2.14. The summed E-state index contributed by atoms with van der Waals surface area (Å²) in [6, 6.07) is -0.00954. The summed E-state index contributed by atoms with van der Waals surface area (Å²) in [5.41, 5.74) is 0. The lowest BCUT2D eigenvalue weighted by Gasteiger charge is -2.19. The van der Waals surface area contributed by atoms with Crippen LogP contribution in [0.1, 0.15) is 13.8 Å². The van der Waals surface area contributed by atoms with Crippen LogP contribution in [-0.2, 0) is 7.05 Å². The van der Waals surface area contributed by atoms with E-state index in [4.69, 9.17) is 5.11 Å². The van der Waals surface area contributed by atoms with Crippen LogP contribution >= 0.6 is 0 Å². The van der Waals surface area contributed by atoms with Gasteiger partial charge in [0.1, 0.15) is 0 Å². The van der Waals surface area contributed by atoms with E-state index in [0.29, 0.717) is 11.9 Å². The Labute approximate surface area is 76.9 Å². The number of nitrogens with zero attached hydrogens (tertiary/aromatic N) is 4. The predicted molar refractivity (Wildman–Crippen MR) is 48.1 cm³/mol. The average molecular weight is 185 g/mol. The van der Waals surface area contributed by atoms with E-state index in [2.05, 4.69) is 20.8 Å². The zero-order valence-electron chi connectivity index (χ0n) is 8.10. The van der Waals surface area contributed by atoms with Gasteiger partial charge in [0.25, 0.3) is 0 Å². The summed E-state index contributed by atoms with van der Waals surface area (Å²) < 4.78 is 1.53. The quantitative estimate of drug-likeness (QED) is 0.670. The Hall–Kier alpha value is -1.17. The van der Waals surface area contributed by atoms with Crippen molar-refractivity contribution in [1.29, 1.82) is 0 Å². The number of hydrogen-bond donors (Lipinski definition) is 2. The van der Waals surface area contributed by atoms with Gasteiger partial charge in [-0.15, -0.1) is 0 Å². The zero-order valence-corrected chi connectivity index (χ0v) is 8.10. The molecule has 0 saturated carbocycles. The van der Waals surface area contributed by atoms with Crippen molar-refractivity contribution in [2.24, 2.45) is 13.0 Å². The normalized spacial score (nSPS) is 13.3. The standard InChI is InChI=1S/C7H15N5O/c1-5(2)6(4-13)8-7-9-10-11-12(7)3/h5-6,13H,4H2,1-3H3,(H,8,9,11). The Morgan fingerprint density at radius 1 is 1.54 bits per heavy atom. The minimum absolute atomic E-state index is 0.00954. The van der Waals surface area contributed by atoms with Gasteiger partial charge in [-0.25, -0.2) is 4.68 Å². The molecular formula is C7H15N5O. The third kappa shape index (κ3) is 2.38. The minimum atomic E-state index is -0.00954. The number of aliphatic hydroxyl groups is 1. The smallest absolute Gasteiger partial charge is 0.242 e. The van der Waals surface area contributed by atoms with Crippen LogP contribution in [0, 0.1) is 5.92 Å². The third-order valence-electron chi connectivity index (χ3n) is 1.94. The van der Waals surface area contributed by atoms with E-state index in [1.54, 1.807) is 7.05 Å². The molecule has 0 bridgehead atoms. The molecule has 1 rings (SSSR count). The first-order chi connectivity index (χ1) is 6.15. The van der Waals surface area contributed by atoms with Crippen LogP contribution in [0.5, 0.6) is 0 Å². The molecule has 0 aromatic carbocycles. The number of rotatable bonds is 4. The van der Waals surface area contributed by atoms with E-state index < -0.39 is 0 Å². The fourth-order valence-corrected chi connectivity index (χ4v) is 0.941. The molecule has 0 saturated heterocycles. The van der Waals surface area contributed by atoms with Gasteiger partial charge in [0.15, 0.2) is 0 Å². The van der Waals surface area contributed by atoms with Crippen LogP contribution in [0.3, 0.4) is 0 Å². The van der Waals surface area contributed by atoms with Crippen molar-refractivity contribution in [3.63, 3.8) is 0 Å². The van der Waals surface area contributed by atoms with Gasteiger partial charge in [-0.2, -0.15) is 0 Å². The molecule has 0 aliphatic rings. The molecule has 0 aliphatic heterocycles. The van der Waals surface area contributed by atoms with Crippen molar-refractivity contribution < 1.29 is 5.11 Å². The summed E-state index contributed by atoms with van der Waals surface area (Å²) >= 11 is 0. The van der Waals surface area contributed by atoms with Crippen LogP contribution in [0.25, 0.3) is 0 Å². The fourth-order valence-electron chi connectivity index (χ4n) is 0.941. The molecule has 13 heavy (non-hydrogen) atoms. The first-order valence-corrected chi connectivity index (χ1v) is 4.25. The summed E-state index contributed by atoms with van der Waals surface area (Å²) in [7, 11) is 1.75. The first kappa shape index (κ1) is 9.91. The summed E-state index contributed by atoms with van der Waals surface area (Å²) in [4.78, 5) is 0. The number of aryl methyl sites for hydroxylation is 1. The van der Waals surface area contributed by atoms with E-state index in [1.807, 2.05) is 13.8 Å². The molecule has 1 atom stereocenters. The Bertz CT molecular complexity index is 259. The van der Waals surface area contributed by atoms with E-state index in [0.717, 1.165) is 0 Å². The maximum Gasteiger partial charge on any atom is 0.242 e. The van der Waals surface area contributed by atoms with Crippen LogP contribution in [0.2, 0.25) is 0 Å². The summed E-state index contributed by atoms with van der Waals surface area (Å²) in [5, 5.41) is 23.0. The van der Waals surface area contributed by atoms with Crippen molar-refractivity contribution in [3.8, 4) is 0 Å². The van der Waals surface area contributed by atoms with Crippen LogP contribution < -0.4 is 5.32 Å². The van der Waals surface area contributed by atoms with Crippen molar-refractivity contribution in [1.82, 2.24) is 20.2 Å². The van der Waals surface area contributed by atoms with E-state index in [9.17, 15) is 0 Å². The molecule has 0 amide bonds. The highest BCUT2D eigenvalue weighted by molar-refractivity contribution is 5.23. The van der Waals surface area contributed by atoms with Gasteiger partial charge in [-0.1, -0.05) is 18.9 Å². The first-order valence-electron chi connectivity index (χ1n) is 4.25. The largest absolute Gasteiger partial charge is 0.394 e. The number of tetrazole rings is 1. The highest BCUT2D eigenvalue weighted by Crippen LogP contribution is 2.07. The lowest BCUT2D eigenvalue weighted by Crippen LogP contribution is -2.30. The molecular weight excluding hydrogens is 170 g/mol. The average Bonchev–Trinajstić information content (AvgIpc) is 2.46. The molecule has 0 aliphatic carbocycles. The highest BCUT2D eigenvalue weighted by atomic mass is 16.3.